The van der Waals surface area contributed by atoms with Gasteiger partial charge in [-0.1, -0.05) is 48.5 Å². The fourth-order valence-corrected chi connectivity index (χ4v) is 2.48. The van der Waals surface area contributed by atoms with Crippen LogP contribution in [-0.2, 0) is 11.2 Å². The second-order valence-corrected chi connectivity index (χ2v) is 5.78. The SMILES string of the molecule is Cc1ccccc1OCC(=O)NCCc1cnc(-c2ccccc2)[nH]1. The van der Waals surface area contributed by atoms with E-state index >= 15 is 0 Å². The van der Waals surface area contributed by atoms with Gasteiger partial charge in [0.15, 0.2) is 6.61 Å². The number of amides is 1. The quantitative estimate of drug-likeness (QED) is 0.697. The number of imidazole rings is 1. The summed E-state index contributed by atoms with van der Waals surface area (Å²) in [4.78, 5) is 19.5. The highest BCUT2D eigenvalue weighted by molar-refractivity contribution is 5.77. The Morgan fingerprint density at radius 3 is 2.68 bits per heavy atom. The number of nitrogens with zero attached hydrogens (tertiary/aromatic N) is 1. The van der Waals surface area contributed by atoms with Gasteiger partial charge in [0.25, 0.3) is 5.91 Å². The number of H-pyrrole nitrogens is 1. The first-order valence-electron chi connectivity index (χ1n) is 8.27. The molecule has 1 heterocycles. The van der Waals surface area contributed by atoms with Crippen LogP contribution in [0.3, 0.4) is 0 Å². The lowest BCUT2D eigenvalue weighted by atomic mass is 10.2. The summed E-state index contributed by atoms with van der Waals surface area (Å²) in [6.07, 6.45) is 2.49. The molecule has 0 aliphatic rings. The summed E-state index contributed by atoms with van der Waals surface area (Å²) in [5, 5.41) is 2.86. The number of benzene rings is 2. The van der Waals surface area contributed by atoms with E-state index in [-0.39, 0.29) is 12.5 Å². The Balaban J connectivity index is 1.43. The lowest BCUT2D eigenvalue weighted by Gasteiger charge is -2.09. The Morgan fingerprint density at radius 2 is 1.88 bits per heavy atom. The second-order valence-electron chi connectivity index (χ2n) is 5.78. The molecule has 3 aromatic rings. The van der Waals surface area contributed by atoms with Gasteiger partial charge >= 0.3 is 0 Å². The lowest BCUT2D eigenvalue weighted by Crippen LogP contribution is -2.30. The van der Waals surface area contributed by atoms with Gasteiger partial charge in [-0.2, -0.15) is 0 Å². The predicted octanol–water partition coefficient (Wildman–Crippen LogP) is 3.12. The first kappa shape index (κ1) is 16.8. The number of hydrogen-bond donors (Lipinski definition) is 2. The minimum atomic E-state index is -0.133. The number of aryl methyl sites for hydroxylation is 1. The number of rotatable bonds is 7. The van der Waals surface area contributed by atoms with E-state index in [0.29, 0.717) is 13.0 Å². The van der Waals surface area contributed by atoms with Crippen molar-refractivity contribution in [1.82, 2.24) is 15.3 Å². The van der Waals surface area contributed by atoms with Crippen LogP contribution in [0.1, 0.15) is 11.3 Å². The smallest absolute Gasteiger partial charge is 0.257 e. The molecule has 0 atom stereocenters. The zero-order valence-electron chi connectivity index (χ0n) is 14.2. The molecular formula is C20H21N3O2. The number of aromatic nitrogens is 2. The molecule has 5 nitrogen and oxygen atoms in total. The monoisotopic (exact) mass is 335 g/mol. The molecular weight excluding hydrogens is 314 g/mol. The molecule has 3 rings (SSSR count). The third kappa shape index (κ3) is 4.70. The zero-order valence-corrected chi connectivity index (χ0v) is 14.2. The summed E-state index contributed by atoms with van der Waals surface area (Å²) >= 11 is 0. The van der Waals surface area contributed by atoms with Crippen LogP contribution >= 0.6 is 0 Å². The zero-order chi connectivity index (χ0) is 17.5. The normalized spacial score (nSPS) is 10.4. The third-order valence-electron chi connectivity index (χ3n) is 3.84. The number of nitrogens with one attached hydrogen (secondary N) is 2. The van der Waals surface area contributed by atoms with E-state index in [1.165, 1.54) is 0 Å². The van der Waals surface area contributed by atoms with Gasteiger partial charge < -0.3 is 15.0 Å². The number of hydrogen-bond acceptors (Lipinski definition) is 3. The molecule has 128 valence electrons. The van der Waals surface area contributed by atoms with Crippen LogP contribution < -0.4 is 10.1 Å². The summed E-state index contributed by atoms with van der Waals surface area (Å²) in [5.74, 6) is 1.44. The molecule has 0 bridgehead atoms. The maximum absolute atomic E-state index is 11.9. The molecule has 2 N–H and O–H groups in total. The molecule has 1 aromatic heterocycles. The van der Waals surface area contributed by atoms with Gasteiger partial charge in [0, 0.05) is 30.4 Å². The molecule has 0 saturated carbocycles. The summed E-state index contributed by atoms with van der Waals surface area (Å²) in [5.41, 5.74) is 3.05. The standard InChI is InChI=1S/C20H21N3O2/c1-15-7-5-6-10-18(15)25-14-19(24)21-12-11-17-13-22-20(23-17)16-8-3-2-4-9-16/h2-10,13H,11-12,14H2,1H3,(H,21,24)(H,22,23). The van der Waals surface area contributed by atoms with Crippen molar-refractivity contribution in [3.63, 3.8) is 0 Å². The number of carbonyl (C=O) groups excluding carboxylic acids is 1. The van der Waals surface area contributed by atoms with E-state index in [1.54, 1.807) is 6.20 Å². The molecule has 1 amide bonds. The first-order chi connectivity index (χ1) is 12.2. The van der Waals surface area contributed by atoms with Crippen LogP contribution in [0.25, 0.3) is 11.4 Å². The number of carbonyl (C=O) groups is 1. The maximum atomic E-state index is 11.9. The molecule has 0 spiro atoms. The molecule has 0 unspecified atom stereocenters. The van der Waals surface area contributed by atoms with Gasteiger partial charge in [0.05, 0.1) is 0 Å². The Kier molecular flexibility index (Phi) is 5.46. The van der Waals surface area contributed by atoms with Crippen molar-refractivity contribution in [2.24, 2.45) is 0 Å². The fraction of sp³-hybridized carbons (Fsp3) is 0.200. The molecule has 0 saturated heterocycles. The number of para-hydroxylation sites is 1. The lowest BCUT2D eigenvalue weighted by molar-refractivity contribution is -0.123. The van der Waals surface area contributed by atoms with Crippen LogP contribution in [0.2, 0.25) is 0 Å². The van der Waals surface area contributed by atoms with Crippen molar-refractivity contribution in [3.05, 3.63) is 72.1 Å². The van der Waals surface area contributed by atoms with Crippen LogP contribution in [-0.4, -0.2) is 29.0 Å². The average molecular weight is 335 g/mol. The van der Waals surface area contributed by atoms with Crippen LogP contribution in [0, 0.1) is 6.92 Å². The van der Waals surface area contributed by atoms with E-state index in [4.69, 9.17) is 4.74 Å². The molecule has 2 aromatic carbocycles. The van der Waals surface area contributed by atoms with Crippen molar-refractivity contribution in [2.75, 3.05) is 13.2 Å². The first-order valence-corrected chi connectivity index (χ1v) is 8.27. The largest absolute Gasteiger partial charge is 0.484 e. The van der Waals surface area contributed by atoms with E-state index in [1.807, 2.05) is 61.5 Å². The van der Waals surface area contributed by atoms with Crippen molar-refractivity contribution in [3.8, 4) is 17.1 Å². The number of aromatic amines is 1. The van der Waals surface area contributed by atoms with Gasteiger partial charge in [0.1, 0.15) is 11.6 Å². The van der Waals surface area contributed by atoms with Gasteiger partial charge in [-0.25, -0.2) is 4.98 Å². The number of ether oxygens (including phenoxy) is 1. The third-order valence-corrected chi connectivity index (χ3v) is 3.84. The van der Waals surface area contributed by atoms with Crippen LogP contribution in [0.15, 0.2) is 60.8 Å². The molecule has 0 radical (unpaired) electrons. The maximum Gasteiger partial charge on any atom is 0.257 e. The van der Waals surface area contributed by atoms with Gasteiger partial charge in [-0.05, 0) is 18.6 Å². The topological polar surface area (TPSA) is 67.0 Å². The molecule has 0 aliphatic carbocycles. The minimum Gasteiger partial charge on any atom is -0.484 e. The molecule has 5 heteroatoms. The van der Waals surface area contributed by atoms with Gasteiger partial charge in [-0.3, -0.25) is 4.79 Å². The van der Waals surface area contributed by atoms with Crippen molar-refractivity contribution < 1.29 is 9.53 Å². The van der Waals surface area contributed by atoms with Crippen LogP contribution in [0.4, 0.5) is 0 Å². The Morgan fingerprint density at radius 1 is 1.12 bits per heavy atom. The van der Waals surface area contributed by atoms with Gasteiger partial charge in [0.2, 0.25) is 0 Å². The van der Waals surface area contributed by atoms with Gasteiger partial charge in [-0.15, -0.1) is 0 Å². The minimum absolute atomic E-state index is 0.0170. The summed E-state index contributed by atoms with van der Waals surface area (Å²) < 4.78 is 5.53. The second kappa shape index (κ2) is 8.15. The predicted molar refractivity (Wildman–Crippen MR) is 97.4 cm³/mol. The Labute approximate surface area is 147 Å². The molecule has 25 heavy (non-hydrogen) atoms. The van der Waals surface area contributed by atoms with Crippen molar-refractivity contribution >= 4 is 5.91 Å². The van der Waals surface area contributed by atoms with E-state index in [0.717, 1.165) is 28.4 Å². The Hall–Kier alpha value is -3.08. The van der Waals surface area contributed by atoms with E-state index in [2.05, 4.69) is 15.3 Å². The van der Waals surface area contributed by atoms with E-state index < -0.39 is 0 Å². The molecule has 0 fully saturated rings. The van der Waals surface area contributed by atoms with Crippen LogP contribution in [0.5, 0.6) is 5.75 Å². The highest BCUT2D eigenvalue weighted by Gasteiger charge is 2.06. The van der Waals surface area contributed by atoms with Crippen molar-refractivity contribution in [2.45, 2.75) is 13.3 Å². The fourth-order valence-electron chi connectivity index (χ4n) is 2.48. The highest BCUT2D eigenvalue weighted by Crippen LogP contribution is 2.16. The highest BCUT2D eigenvalue weighted by atomic mass is 16.5. The average Bonchev–Trinajstić information content (AvgIpc) is 3.11. The van der Waals surface area contributed by atoms with E-state index in [9.17, 15) is 4.79 Å². The summed E-state index contributed by atoms with van der Waals surface area (Å²) in [7, 11) is 0. The Bertz CT molecular complexity index is 828. The van der Waals surface area contributed by atoms with Crippen molar-refractivity contribution in [1.29, 1.82) is 0 Å². The summed E-state index contributed by atoms with van der Waals surface area (Å²) in [6, 6.07) is 17.6. The molecule has 0 aliphatic heterocycles. The summed E-state index contributed by atoms with van der Waals surface area (Å²) in [6.45, 7) is 2.51.